The predicted octanol–water partition coefficient (Wildman–Crippen LogP) is 1.37. The number of rotatable bonds is 3. The number of non-ortho nitro benzene ring substituents is 1. The van der Waals surface area contributed by atoms with Crippen LogP contribution in [0.2, 0.25) is 0 Å². The molecule has 3 rings (SSSR count). The smallest absolute Gasteiger partial charge is 0.269 e. The predicted molar refractivity (Wildman–Crippen MR) is 75.8 cm³/mol. The van der Waals surface area contributed by atoms with Crippen molar-refractivity contribution in [3.05, 3.63) is 33.9 Å². The first kappa shape index (κ1) is 13.3. The fourth-order valence-electron chi connectivity index (χ4n) is 3.33. The van der Waals surface area contributed by atoms with Crippen molar-refractivity contribution in [3.8, 4) is 0 Å². The first-order valence-electron chi connectivity index (χ1n) is 7.06. The number of aliphatic hydroxyl groups excluding tert-OH is 1. The van der Waals surface area contributed by atoms with E-state index in [0.717, 1.165) is 25.3 Å². The molecule has 2 aliphatic heterocycles. The second-order valence-electron chi connectivity index (χ2n) is 5.51. The molecule has 6 heteroatoms. The molecule has 0 amide bonds. The summed E-state index contributed by atoms with van der Waals surface area (Å²) < 4.78 is 0. The summed E-state index contributed by atoms with van der Waals surface area (Å²) in [6.45, 7) is 3.92. The molecule has 1 N–H and O–H groups in total. The van der Waals surface area contributed by atoms with Crippen LogP contribution in [0.1, 0.15) is 18.4 Å². The quantitative estimate of drug-likeness (QED) is 0.667. The molecule has 0 aliphatic carbocycles. The first-order chi connectivity index (χ1) is 9.69. The number of hydrogen-bond donors (Lipinski definition) is 1. The van der Waals surface area contributed by atoms with Gasteiger partial charge in [0.1, 0.15) is 0 Å². The SMILES string of the molecule is O=[N+]([O-])c1ccc(N2CCN3CCCC3C2)c(CO)c1. The Morgan fingerprint density at radius 3 is 2.95 bits per heavy atom. The summed E-state index contributed by atoms with van der Waals surface area (Å²) in [4.78, 5) is 15.2. The zero-order chi connectivity index (χ0) is 14.1. The molecule has 1 unspecified atom stereocenters. The van der Waals surface area contributed by atoms with E-state index < -0.39 is 4.92 Å². The van der Waals surface area contributed by atoms with E-state index in [9.17, 15) is 15.2 Å². The second-order valence-corrected chi connectivity index (χ2v) is 5.51. The molecular formula is C14H19N3O3. The molecule has 1 aromatic rings. The zero-order valence-corrected chi connectivity index (χ0v) is 11.4. The third-order valence-electron chi connectivity index (χ3n) is 4.37. The topological polar surface area (TPSA) is 69.9 Å². The largest absolute Gasteiger partial charge is 0.392 e. The molecule has 2 aliphatic rings. The van der Waals surface area contributed by atoms with Gasteiger partial charge in [-0.3, -0.25) is 15.0 Å². The molecule has 6 nitrogen and oxygen atoms in total. The highest BCUT2D eigenvalue weighted by molar-refractivity contribution is 5.58. The summed E-state index contributed by atoms with van der Waals surface area (Å²) in [5.41, 5.74) is 1.62. The van der Waals surface area contributed by atoms with Gasteiger partial charge in [-0.1, -0.05) is 0 Å². The number of benzene rings is 1. The Morgan fingerprint density at radius 1 is 1.35 bits per heavy atom. The van der Waals surface area contributed by atoms with Crippen LogP contribution >= 0.6 is 0 Å². The molecule has 2 saturated heterocycles. The van der Waals surface area contributed by atoms with Crippen molar-refractivity contribution in [2.75, 3.05) is 31.1 Å². The normalized spacial score (nSPS) is 22.9. The van der Waals surface area contributed by atoms with Gasteiger partial charge in [0.2, 0.25) is 0 Å². The molecule has 2 fully saturated rings. The lowest BCUT2D eigenvalue weighted by Crippen LogP contribution is -2.50. The molecule has 2 heterocycles. The van der Waals surface area contributed by atoms with Crippen molar-refractivity contribution in [2.45, 2.75) is 25.5 Å². The summed E-state index contributed by atoms with van der Waals surface area (Å²) in [5, 5.41) is 20.3. The highest BCUT2D eigenvalue weighted by atomic mass is 16.6. The van der Waals surface area contributed by atoms with Gasteiger partial charge in [0.25, 0.3) is 5.69 Å². The minimum Gasteiger partial charge on any atom is -0.392 e. The van der Waals surface area contributed by atoms with Gasteiger partial charge in [-0.25, -0.2) is 0 Å². The number of nitro groups is 1. The van der Waals surface area contributed by atoms with E-state index in [1.54, 1.807) is 6.07 Å². The zero-order valence-electron chi connectivity index (χ0n) is 11.4. The van der Waals surface area contributed by atoms with Crippen LogP contribution in [0.15, 0.2) is 18.2 Å². The van der Waals surface area contributed by atoms with E-state index in [1.807, 2.05) is 0 Å². The van der Waals surface area contributed by atoms with Crippen LogP contribution in [0, 0.1) is 10.1 Å². The Balaban J connectivity index is 1.84. The van der Waals surface area contributed by atoms with Crippen LogP contribution in [0.5, 0.6) is 0 Å². The van der Waals surface area contributed by atoms with E-state index in [0.29, 0.717) is 11.6 Å². The number of piperazine rings is 1. The number of nitrogens with zero attached hydrogens (tertiary/aromatic N) is 3. The Kier molecular flexibility index (Phi) is 3.58. The molecule has 20 heavy (non-hydrogen) atoms. The standard InChI is InChI=1S/C14H19N3O3/c18-10-11-8-12(17(19)20)3-4-14(11)16-7-6-15-5-1-2-13(15)9-16/h3-4,8,13,18H,1-2,5-7,9-10H2. The van der Waals surface area contributed by atoms with E-state index >= 15 is 0 Å². The number of hydrogen-bond acceptors (Lipinski definition) is 5. The summed E-state index contributed by atoms with van der Waals surface area (Å²) in [5.74, 6) is 0. The maximum Gasteiger partial charge on any atom is 0.269 e. The molecule has 1 aromatic carbocycles. The molecule has 0 saturated carbocycles. The van der Waals surface area contributed by atoms with Gasteiger partial charge in [0, 0.05) is 49.1 Å². The van der Waals surface area contributed by atoms with Crippen molar-refractivity contribution >= 4 is 11.4 Å². The van der Waals surface area contributed by atoms with Crippen LogP contribution in [0.3, 0.4) is 0 Å². The van der Waals surface area contributed by atoms with E-state index in [4.69, 9.17) is 0 Å². The van der Waals surface area contributed by atoms with Crippen molar-refractivity contribution in [3.63, 3.8) is 0 Å². The number of anilines is 1. The van der Waals surface area contributed by atoms with Crippen molar-refractivity contribution in [1.82, 2.24) is 4.90 Å². The molecule has 1 atom stereocenters. The second kappa shape index (κ2) is 5.38. The average Bonchev–Trinajstić information content (AvgIpc) is 2.93. The highest BCUT2D eigenvalue weighted by Crippen LogP contribution is 2.30. The Hall–Kier alpha value is -1.66. The third-order valence-corrected chi connectivity index (χ3v) is 4.37. The average molecular weight is 277 g/mol. The fraction of sp³-hybridized carbons (Fsp3) is 0.571. The lowest BCUT2D eigenvalue weighted by molar-refractivity contribution is -0.384. The molecule has 0 radical (unpaired) electrons. The van der Waals surface area contributed by atoms with E-state index in [1.165, 1.54) is 31.5 Å². The Morgan fingerprint density at radius 2 is 2.20 bits per heavy atom. The van der Waals surface area contributed by atoms with Crippen molar-refractivity contribution in [2.24, 2.45) is 0 Å². The monoisotopic (exact) mass is 277 g/mol. The van der Waals surface area contributed by atoms with E-state index in [-0.39, 0.29) is 12.3 Å². The fourth-order valence-corrected chi connectivity index (χ4v) is 3.33. The summed E-state index contributed by atoms with van der Waals surface area (Å²) in [6, 6.07) is 5.37. The maximum absolute atomic E-state index is 10.8. The van der Waals surface area contributed by atoms with Crippen molar-refractivity contribution in [1.29, 1.82) is 0 Å². The van der Waals surface area contributed by atoms with Crippen molar-refractivity contribution < 1.29 is 10.0 Å². The van der Waals surface area contributed by atoms with Crippen LogP contribution in [-0.4, -0.2) is 47.2 Å². The Bertz CT molecular complexity index is 520. The molecule has 0 bridgehead atoms. The summed E-state index contributed by atoms with van der Waals surface area (Å²) >= 11 is 0. The maximum atomic E-state index is 10.8. The molecule has 0 aromatic heterocycles. The number of nitro benzene ring substituents is 1. The lowest BCUT2D eigenvalue weighted by atomic mass is 10.1. The lowest BCUT2D eigenvalue weighted by Gasteiger charge is -2.39. The van der Waals surface area contributed by atoms with Crippen LogP contribution in [0.25, 0.3) is 0 Å². The van der Waals surface area contributed by atoms with Gasteiger partial charge in [-0.05, 0) is 25.5 Å². The van der Waals surface area contributed by atoms with Gasteiger partial charge in [-0.2, -0.15) is 0 Å². The molecule has 0 spiro atoms. The number of fused-ring (bicyclic) bond motifs is 1. The minimum atomic E-state index is -0.419. The summed E-state index contributed by atoms with van der Waals surface area (Å²) in [7, 11) is 0. The highest BCUT2D eigenvalue weighted by Gasteiger charge is 2.31. The third kappa shape index (κ3) is 2.36. The van der Waals surface area contributed by atoms with Crippen LogP contribution < -0.4 is 4.90 Å². The summed E-state index contributed by atoms with van der Waals surface area (Å²) in [6.07, 6.45) is 2.48. The van der Waals surface area contributed by atoms with Gasteiger partial charge >= 0.3 is 0 Å². The van der Waals surface area contributed by atoms with Crippen LogP contribution in [0.4, 0.5) is 11.4 Å². The van der Waals surface area contributed by atoms with Gasteiger partial charge in [0.05, 0.1) is 11.5 Å². The van der Waals surface area contributed by atoms with Gasteiger partial charge in [-0.15, -0.1) is 0 Å². The number of aliphatic hydroxyl groups is 1. The Labute approximate surface area is 117 Å². The molecule has 108 valence electrons. The van der Waals surface area contributed by atoms with Gasteiger partial charge < -0.3 is 10.0 Å². The minimum absolute atomic E-state index is 0.0392. The van der Waals surface area contributed by atoms with E-state index in [2.05, 4.69) is 9.80 Å². The first-order valence-corrected chi connectivity index (χ1v) is 7.06. The van der Waals surface area contributed by atoms with Crippen LogP contribution in [-0.2, 0) is 6.61 Å². The van der Waals surface area contributed by atoms with Gasteiger partial charge in [0.15, 0.2) is 0 Å². The molecular weight excluding hydrogens is 258 g/mol.